The molecule has 3 fully saturated rings. The van der Waals surface area contributed by atoms with Crippen LogP contribution in [0.25, 0.3) is 0 Å². The van der Waals surface area contributed by atoms with E-state index in [1.807, 2.05) is 73.3 Å². The highest BCUT2D eigenvalue weighted by Crippen LogP contribution is 2.69. The van der Waals surface area contributed by atoms with Gasteiger partial charge in [0.25, 0.3) is 0 Å². The van der Waals surface area contributed by atoms with Gasteiger partial charge in [-0.25, -0.2) is 0 Å². The van der Waals surface area contributed by atoms with Crippen LogP contribution in [0, 0.1) is 17.8 Å². The fourth-order valence-corrected chi connectivity index (χ4v) is 10.7. The van der Waals surface area contributed by atoms with Crippen molar-refractivity contribution in [2.45, 2.75) is 75.1 Å². The zero-order chi connectivity index (χ0) is 33.9. The monoisotopic (exact) mass is 659 g/mol. The molecule has 0 aliphatic carbocycles. The number of carbonyl (C=O) groups excluding carboxylic acids is 3. The minimum absolute atomic E-state index is 0.00467. The first kappa shape index (κ1) is 34.8. The van der Waals surface area contributed by atoms with Crippen LogP contribution in [0.1, 0.15) is 58.6 Å². The third-order valence-electron chi connectivity index (χ3n) is 10.3. The van der Waals surface area contributed by atoms with Gasteiger partial charge in [-0.2, -0.15) is 0 Å². The molecule has 0 radical (unpaired) electrons. The van der Waals surface area contributed by atoms with Gasteiger partial charge in [0.1, 0.15) is 11.8 Å². The number of aliphatic hydroxyl groups excluding tert-OH is 1. The molecular weight excluding hydrogens is 611 g/mol. The maximum absolute atomic E-state index is 15.0. The highest BCUT2D eigenvalue weighted by Gasteiger charge is 2.77. The zero-order valence-corrected chi connectivity index (χ0v) is 28.9. The van der Waals surface area contributed by atoms with Crippen LogP contribution in [-0.2, 0) is 14.4 Å². The summed E-state index contributed by atoms with van der Waals surface area (Å²) in [6.07, 6.45) is 5.86. The molecule has 0 aromatic heterocycles. The Kier molecular flexibility index (Phi) is 10.9. The van der Waals surface area contributed by atoms with Gasteiger partial charge in [0.05, 0.1) is 35.8 Å². The highest BCUT2D eigenvalue weighted by molar-refractivity contribution is 8.02. The average Bonchev–Trinajstić information content (AvgIpc) is 3.67. The largest absolute Gasteiger partial charge is 0.494 e. The summed E-state index contributed by atoms with van der Waals surface area (Å²) in [4.78, 5) is 50.0. The molecule has 8 nitrogen and oxygen atoms in total. The lowest BCUT2D eigenvalue weighted by atomic mass is 9.65. The van der Waals surface area contributed by atoms with Crippen LogP contribution in [0.4, 0.5) is 5.69 Å². The number of fused-ring (bicyclic) bond motifs is 1. The van der Waals surface area contributed by atoms with Crippen molar-refractivity contribution in [3.63, 3.8) is 0 Å². The third kappa shape index (κ3) is 6.01. The van der Waals surface area contributed by atoms with Gasteiger partial charge in [0, 0.05) is 30.1 Å². The fraction of sp³-hybridized carbons (Fsp3) is 0.500. The van der Waals surface area contributed by atoms with Crippen LogP contribution in [0.3, 0.4) is 0 Å². The van der Waals surface area contributed by atoms with E-state index in [9.17, 15) is 9.90 Å². The van der Waals surface area contributed by atoms with E-state index in [0.717, 1.165) is 24.8 Å². The molecule has 3 aliphatic rings. The summed E-state index contributed by atoms with van der Waals surface area (Å²) in [5, 5.41) is 10.8. The Balaban J connectivity index is 1.62. The maximum Gasteiger partial charge on any atom is 0.247 e. The van der Waals surface area contributed by atoms with E-state index in [1.54, 1.807) is 33.7 Å². The maximum atomic E-state index is 15.0. The number of ether oxygens (including phenoxy) is 1. The van der Waals surface area contributed by atoms with E-state index in [2.05, 4.69) is 27.0 Å². The summed E-state index contributed by atoms with van der Waals surface area (Å²) in [6, 6.07) is 15.2. The molecule has 2 aromatic carbocycles. The van der Waals surface area contributed by atoms with Crippen LogP contribution < -0.4 is 9.64 Å². The second kappa shape index (κ2) is 14.7. The quantitative estimate of drug-likeness (QED) is 0.241. The fourth-order valence-electron chi connectivity index (χ4n) is 8.26. The van der Waals surface area contributed by atoms with Crippen molar-refractivity contribution in [2.75, 3.05) is 31.2 Å². The molecule has 4 unspecified atom stereocenters. The van der Waals surface area contributed by atoms with Crippen LogP contribution in [0.15, 0.2) is 79.9 Å². The number of amides is 3. The first-order valence-electron chi connectivity index (χ1n) is 16.9. The van der Waals surface area contributed by atoms with Crippen LogP contribution >= 0.6 is 11.8 Å². The number of carbonyl (C=O) groups is 3. The normalized spacial score (nSPS) is 27.2. The van der Waals surface area contributed by atoms with Gasteiger partial charge >= 0.3 is 0 Å². The molecule has 0 saturated carbocycles. The number of benzene rings is 2. The highest BCUT2D eigenvalue weighted by atomic mass is 32.2. The summed E-state index contributed by atoms with van der Waals surface area (Å²) in [5.41, 5.74) is 1.46. The van der Waals surface area contributed by atoms with Crippen LogP contribution in [0.2, 0.25) is 0 Å². The predicted octanol–water partition coefficient (Wildman–Crippen LogP) is 5.88. The van der Waals surface area contributed by atoms with E-state index >= 15 is 9.59 Å². The molecule has 1 spiro atoms. The van der Waals surface area contributed by atoms with Crippen molar-refractivity contribution in [1.82, 2.24) is 9.80 Å². The van der Waals surface area contributed by atoms with E-state index < -0.39 is 28.7 Å². The van der Waals surface area contributed by atoms with E-state index in [0.29, 0.717) is 24.6 Å². The molecule has 3 aliphatic heterocycles. The summed E-state index contributed by atoms with van der Waals surface area (Å²) in [6.45, 7) is 16.9. The minimum atomic E-state index is -0.849. The first-order chi connectivity index (χ1) is 22.7. The number of hydrogen-bond acceptors (Lipinski definition) is 6. The Morgan fingerprint density at radius 2 is 1.77 bits per heavy atom. The molecule has 3 heterocycles. The number of hydrogen-bond donors (Lipinski definition) is 1. The SMILES string of the molecule is C=CCN(C(=O)[C@@H]1[C@H]2C(=O)N([C@H](CO)c3ccccc3)C(C(=O)N(CC=C)C(C)CCC)C23S[C@@H]1CC3C)c1ccc(OCC)cc1. The molecule has 3 amide bonds. The third-order valence-corrected chi connectivity index (χ3v) is 12.4. The summed E-state index contributed by atoms with van der Waals surface area (Å²) in [7, 11) is 0. The van der Waals surface area contributed by atoms with Gasteiger partial charge in [-0.1, -0.05) is 62.8 Å². The molecule has 9 heteroatoms. The van der Waals surface area contributed by atoms with Gasteiger partial charge in [0.2, 0.25) is 17.7 Å². The van der Waals surface area contributed by atoms with Gasteiger partial charge in [0.15, 0.2) is 0 Å². The average molecular weight is 660 g/mol. The Morgan fingerprint density at radius 1 is 1.09 bits per heavy atom. The van der Waals surface area contributed by atoms with E-state index in [1.165, 1.54) is 0 Å². The van der Waals surface area contributed by atoms with Crippen molar-refractivity contribution in [1.29, 1.82) is 0 Å². The molecule has 3 saturated heterocycles. The molecule has 8 atom stereocenters. The van der Waals surface area contributed by atoms with Crippen molar-refractivity contribution in [3.8, 4) is 5.75 Å². The number of thioether (sulfide) groups is 1. The molecule has 47 heavy (non-hydrogen) atoms. The zero-order valence-electron chi connectivity index (χ0n) is 28.1. The summed E-state index contributed by atoms with van der Waals surface area (Å²) in [5.74, 6) is -1.17. The van der Waals surface area contributed by atoms with Crippen LogP contribution in [0.5, 0.6) is 5.75 Å². The van der Waals surface area contributed by atoms with E-state index in [-0.39, 0.29) is 48.1 Å². The smallest absolute Gasteiger partial charge is 0.247 e. The second-order valence-corrected chi connectivity index (χ2v) is 14.5. The molecular formula is C38H49N3O5S. The molecule has 2 aromatic rings. The Labute approximate surface area is 283 Å². The Bertz CT molecular complexity index is 1450. The molecule has 2 bridgehead atoms. The number of anilines is 1. The van der Waals surface area contributed by atoms with Gasteiger partial charge in [-0.3, -0.25) is 14.4 Å². The Morgan fingerprint density at radius 3 is 2.36 bits per heavy atom. The first-order valence-corrected chi connectivity index (χ1v) is 17.8. The lowest BCUT2D eigenvalue weighted by Gasteiger charge is -2.43. The summed E-state index contributed by atoms with van der Waals surface area (Å²) < 4.78 is 4.80. The predicted molar refractivity (Wildman–Crippen MR) is 188 cm³/mol. The number of rotatable bonds is 15. The molecule has 252 valence electrons. The van der Waals surface area contributed by atoms with Gasteiger partial charge in [-0.15, -0.1) is 24.9 Å². The molecule has 1 N–H and O–H groups in total. The van der Waals surface area contributed by atoms with Crippen LogP contribution in [-0.4, -0.2) is 81.0 Å². The number of nitrogens with zero attached hydrogens (tertiary/aromatic N) is 3. The topological polar surface area (TPSA) is 90.4 Å². The second-order valence-electron chi connectivity index (χ2n) is 13.0. The Hall–Kier alpha value is -3.56. The van der Waals surface area contributed by atoms with Crippen molar-refractivity contribution < 1.29 is 24.2 Å². The van der Waals surface area contributed by atoms with Gasteiger partial charge in [-0.05, 0) is 62.4 Å². The van der Waals surface area contributed by atoms with Gasteiger partial charge < -0.3 is 24.5 Å². The number of aliphatic hydroxyl groups is 1. The summed E-state index contributed by atoms with van der Waals surface area (Å²) >= 11 is 1.65. The minimum Gasteiger partial charge on any atom is -0.494 e. The lowest BCUT2D eigenvalue weighted by Crippen LogP contribution is -2.59. The lowest BCUT2D eigenvalue weighted by molar-refractivity contribution is -0.147. The van der Waals surface area contributed by atoms with Crippen molar-refractivity contribution in [2.24, 2.45) is 17.8 Å². The standard InChI is InChI=1S/C38H49N3O5S/c1-7-14-26(6)39(21-8-2)37(45)34-38-25(5)23-31(47-38)32(33(38)36(44)41(34)30(24-42)27-15-12-11-13-16-27)35(43)40(22-9-3)28-17-19-29(20-18-28)46-10-4/h8-9,11-13,15-20,25-26,30-34,42H,2-3,7,10,14,21-24H2,1,4-6H3/t25?,26?,30-,31-,32+,33+,34?,38?/m1/s1. The van der Waals surface area contributed by atoms with Crippen molar-refractivity contribution in [3.05, 3.63) is 85.5 Å². The van der Waals surface area contributed by atoms with E-state index in [4.69, 9.17) is 4.74 Å². The molecule has 5 rings (SSSR count). The number of likely N-dealkylation sites (tertiary alicyclic amines) is 1. The van der Waals surface area contributed by atoms with Crippen molar-refractivity contribution >= 4 is 35.2 Å².